The number of rotatable bonds is 3. The Bertz CT molecular complexity index is 266. The van der Waals surface area contributed by atoms with Crippen LogP contribution in [0.5, 0.6) is 0 Å². The zero-order valence-corrected chi connectivity index (χ0v) is 6.69. The summed E-state index contributed by atoms with van der Waals surface area (Å²) in [6.07, 6.45) is 1.14. The number of nitrogens with zero attached hydrogens (tertiary/aromatic N) is 1. The van der Waals surface area contributed by atoms with Crippen LogP contribution in [0.3, 0.4) is 0 Å². The molecule has 3 amide bonds. The predicted octanol–water partition coefficient (Wildman–Crippen LogP) is -0.821. The number of imide groups is 1. The minimum atomic E-state index is -1.17. The number of amides is 3. The van der Waals surface area contributed by atoms with E-state index in [2.05, 4.69) is 5.32 Å². The van der Waals surface area contributed by atoms with E-state index in [9.17, 15) is 14.4 Å². The Morgan fingerprint density at radius 3 is 2.38 bits per heavy atom. The van der Waals surface area contributed by atoms with E-state index in [-0.39, 0.29) is 13.1 Å². The standard InChI is InChI=1S/C7H8N2O4/c10-5-1-2-6(11)9(5)4-3-8-7(12)13/h1-2,8H,3-4H2,(H,12,13). The summed E-state index contributed by atoms with van der Waals surface area (Å²) in [7, 11) is 0. The average Bonchev–Trinajstić information content (AvgIpc) is 2.34. The predicted molar refractivity (Wildman–Crippen MR) is 41.9 cm³/mol. The molecule has 0 radical (unpaired) electrons. The first kappa shape index (κ1) is 9.24. The maximum Gasteiger partial charge on any atom is 0.404 e. The fourth-order valence-corrected chi connectivity index (χ4v) is 0.926. The summed E-state index contributed by atoms with van der Waals surface area (Å²) in [5, 5.41) is 10.3. The molecule has 0 aromatic carbocycles. The van der Waals surface area contributed by atoms with Crippen molar-refractivity contribution in [1.82, 2.24) is 10.2 Å². The Balaban J connectivity index is 2.34. The van der Waals surface area contributed by atoms with Crippen molar-refractivity contribution in [2.45, 2.75) is 0 Å². The summed E-state index contributed by atoms with van der Waals surface area (Å²) in [5.41, 5.74) is 0. The second kappa shape index (κ2) is 3.70. The topological polar surface area (TPSA) is 86.7 Å². The van der Waals surface area contributed by atoms with E-state index in [1.165, 1.54) is 0 Å². The smallest absolute Gasteiger partial charge is 0.404 e. The van der Waals surface area contributed by atoms with Crippen LogP contribution in [0.1, 0.15) is 0 Å². The van der Waals surface area contributed by atoms with Gasteiger partial charge in [0.1, 0.15) is 0 Å². The maximum atomic E-state index is 10.9. The monoisotopic (exact) mass is 184 g/mol. The molecule has 1 rings (SSSR count). The van der Waals surface area contributed by atoms with Crippen molar-refractivity contribution < 1.29 is 19.5 Å². The molecule has 0 aliphatic carbocycles. The fraction of sp³-hybridized carbons (Fsp3) is 0.286. The molecular weight excluding hydrogens is 176 g/mol. The average molecular weight is 184 g/mol. The molecule has 0 spiro atoms. The van der Waals surface area contributed by atoms with Crippen molar-refractivity contribution in [3.8, 4) is 0 Å². The first-order valence-electron chi connectivity index (χ1n) is 3.61. The van der Waals surface area contributed by atoms with Crippen molar-refractivity contribution in [2.24, 2.45) is 0 Å². The molecule has 0 aromatic rings. The molecule has 0 fully saturated rings. The number of hydrogen-bond acceptors (Lipinski definition) is 3. The molecule has 0 aromatic heterocycles. The molecular formula is C7H8N2O4. The minimum Gasteiger partial charge on any atom is -0.465 e. The lowest BCUT2D eigenvalue weighted by Gasteiger charge is -2.12. The lowest BCUT2D eigenvalue weighted by molar-refractivity contribution is -0.136. The normalized spacial score (nSPS) is 15.2. The molecule has 70 valence electrons. The summed E-state index contributed by atoms with van der Waals surface area (Å²) < 4.78 is 0. The molecule has 0 atom stereocenters. The highest BCUT2D eigenvalue weighted by atomic mass is 16.4. The molecule has 1 aliphatic heterocycles. The van der Waals surface area contributed by atoms with Crippen LogP contribution in [0.2, 0.25) is 0 Å². The van der Waals surface area contributed by atoms with Gasteiger partial charge in [0.25, 0.3) is 11.8 Å². The van der Waals surface area contributed by atoms with Gasteiger partial charge in [0.15, 0.2) is 0 Å². The van der Waals surface area contributed by atoms with Crippen molar-refractivity contribution in [2.75, 3.05) is 13.1 Å². The van der Waals surface area contributed by atoms with Crippen molar-refractivity contribution >= 4 is 17.9 Å². The van der Waals surface area contributed by atoms with E-state index < -0.39 is 17.9 Å². The van der Waals surface area contributed by atoms with Crippen LogP contribution in [-0.4, -0.2) is 41.0 Å². The molecule has 0 unspecified atom stereocenters. The van der Waals surface area contributed by atoms with Gasteiger partial charge in [-0.1, -0.05) is 0 Å². The van der Waals surface area contributed by atoms with Gasteiger partial charge >= 0.3 is 6.09 Å². The molecule has 6 heteroatoms. The first-order chi connectivity index (χ1) is 6.11. The van der Waals surface area contributed by atoms with Gasteiger partial charge in [-0.2, -0.15) is 0 Å². The molecule has 0 bridgehead atoms. The van der Waals surface area contributed by atoms with E-state index in [4.69, 9.17) is 5.11 Å². The third kappa shape index (κ3) is 2.29. The summed E-state index contributed by atoms with van der Waals surface area (Å²) in [4.78, 5) is 32.8. The molecule has 1 aliphatic rings. The van der Waals surface area contributed by atoms with Gasteiger partial charge in [0, 0.05) is 25.2 Å². The fourth-order valence-electron chi connectivity index (χ4n) is 0.926. The van der Waals surface area contributed by atoms with Crippen molar-refractivity contribution in [1.29, 1.82) is 0 Å². The number of nitrogens with one attached hydrogen (secondary N) is 1. The second-order valence-electron chi connectivity index (χ2n) is 2.39. The van der Waals surface area contributed by atoms with Crippen LogP contribution in [-0.2, 0) is 9.59 Å². The van der Waals surface area contributed by atoms with Crippen molar-refractivity contribution in [3.63, 3.8) is 0 Å². The van der Waals surface area contributed by atoms with Crippen LogP contribution in [0, 0.1) is 0 Å². The van der Waals surface area contributed by atoms with Gasteiger partial charge in [-0.05, 0) is 0 Å². The van der Waals surface area contributed by atoms with Crippen LogP contribution in [0.25, 0.3) is 0 Å². The number of carbonyl (C=O) groups is 3. The highest BCUT2D eigenvalue weighted by Gasteiger charge is 2.22. The summed E-state index contributed by atoms with van der Waals surface area (Å²) in [5.74, 6) is -0.811. The third-order valence-corrected chi connectivity index (χ3v) is 1.51. The second-order valence-corrected chi connectivity index (χ2v) is 2.39. The first-order valence-corrected chi connectivity index (χ1v) is 3.61. The van der Waals surface area contributed by atoms with Gasteiger partial charge in [-0.15, -0.1) is 0 Å². The molecule has 1 heterocycles. The Morgan fingerprint density at radius 2 is 1.92 bits per heavy atom. The molecule has 0 saturated carbocycles. The van der Waals surface area contributed by atoms with Gasteiger partial charge < -0.3 is 10.4 Å². The van der Waals surface area contributed by atoms with Crippen LogP contribution in [0.4, 0.5) is 4.79 Å². The maximum absolute atomic E-state index is 10.9. The SMILES string of the molecule is O=C(O)NCCN1C(=O)C=CC1=O. The molecule has 0 saturated heterocycles. The van der Waals surface area contributed by atoms with E-state index in [1.54, 1.807) is 0 Å². The zero-order valence-electron chi connectivity index (χ0n) is 6.69. The zero-order chi connectivity index (χ0) is 9.84. The van der Waals surface area contributed by atoms with Gasteiger partial charge in [0.05, 0.1) is 0 Å². The molecule has 13 heavy (non-hydrogen) atoms. The molecule has 2 N–H and O–H groups in total. The quantitative estimate of drug-likeness (QED) is 0.561. The Hall–Kier alpha value is -1.85. The summed E-state index contributed by atoms with van der Waals surface area (Å²) in [6, 6.07) is 0. The van der Waals surface area contributed by atoms with E-state index in [0.717, 1.165) is 17.1 Å². The lowest BCUT2D eigenvalue weighted by Crippen LogP contribution is -2.37. The number of carbonyl (C=O) groups excluding carboxylic acids is 2. The van der Waals surface area contributed by atoms with Gasteiger partial charge in [0.2, 0.25) is 0 Å². The Labute approximate surface area is 73.8 Å². The lowest BCUT2D eigenvalue weighted by atomic mass is 10.5. The highest BCUT2D eigenvalue weighted by molar-refractivity contribution is 6.12. The Morgan fingerprint density at radius 1 is 1.38 bits per heavy atom. The third-order valence-electron chi connectivity index (χ3n) is 1.51. The van der Waals surface area contributed by atoms with Crippen LogP contribution in [0.15, 0.2) is 12.2 Å². The van der Waals surface area contributed by atoms with E-state index in [1.807, 2.05) is 0 Å². The highest BCUT2D eigenvalue weighted by Crippen LogP contribution is 2.01. The largest absolute Gasteiger partial charge is 0.465 e. The van der Waals surface area contributed by atoms with Crippen LogP contribution >= 0.6 is 0 Å². The Kier molecular flexibility index (Phi) is 2.63. The molecule has 6 nitrogen and oxygen atoms in total. The number of carboxylic acid groups (broad SMARTS) is 1. The van der Waals surface area contributed by atoms with E-state index >= 15 is 0 Å². The van der Waals surface area contributed by atoms with E-state index in [0.29, 0.717) is 0 Å². The summed E-state index contributed by atoms with van der Waals surface area (Å²) in [6.45, 7) is 0.117. The van der Waals surface area contributed by atoms with Gasteiger partial charge in [-0.25, -0.2) is 4.79 Å². The minimum absolute atomic E-state index is 0.0501. The van der Waals surface area contributed by atoms with Crippen molar-refractivity contribution in [3.05, 3.63) is 12.2 Å². The summed E-state index contributed by atoms with van der Waals surface area (Å²) >= 11 is 0. The number of hydrogen-bond donors (Lipinski definition) is 2. The van der Waals surface area contributed by atoms with Gasteiger partial charge in [-0.3, -0.25) is 14.5 Å². The van der Waals surface area contributed by atoms with Crippen LogP contribution < -0.4 is 5.32 Å².